The van der Waals surface area contributed by atoms with Crippen LogP contribution in [0.25, 0.3) is 22.4 Å². The minimum atomic E-state index is -0.279. The van der Waals surface area contributed by atoms with Gasteiger partial charge in [0.15, 0.2) is 0 Å². The molecule has 6 heterocycles. The Hall–Kier alpha value is -2.97. The molecule has 0 saturated carbocycles. The minimum Gasteiger partial charge on any atom is -0.393 e. The number of anilines is 1. The topological polar surface area (TPSA) is 78.3 Å². The number of thiophene rings is 1. The lowest BCUT2D eigenvalue weighted by atomic mass is 9.94. The summed E-state index contributed by atoms with van der Waals surface area (Å²) in [6, 6.07) is 4.70. The van der Waals surface area contributed by atoms with Gasteiger partial charge in [0.25, 0.3) is 0 Å². The second kappa shape index (κ2) is 6.53. The lowest BCUT2D eigenvalue weighted by Crippen LogP contribution is -2.62. The first-order chi connectivity index (χ1) is 14.3. The fraction of sp³-hybridized carbons (Fsp3) is 0.286. The van der Waals surface area contributed by atoms with Crippen molar-refractivity contribution in [2.24, 2.45) is 9.98 Å². The van der Waals surface area contributed by atoms with Crippen LogP contribution in [-0.2, 0) is 4.74 Å². The summed E-state index contributed by atoms with van der Waals surface area (Å²) in [6.07, 6.45) is 11.0. The molecular formula is C21H19N5O2S. The van der Waals surface area contributed by atoms with Gasteiger partial charge in [-0.25, -0.2) is 4.79 Å². The molecule has 8 heteroatoms. The predicted octanol–water partition coefficient (Wildman–Crippen LogP) is 2.05. The molecule has 5 aliphatic rings. The van der Waals surface area contributed by atoms with Crippen LogP contribution in [0.5, 0.6) is 0 Å². The largest absolute Gasteiger partial charge is 0.416 e. The zero-order valence-corrected chi connectivity index (χ0v) is 16.4. The van der Waals surface area contributed by atoms with E-state index in [0.717, 1.165) is 57.1 Å². The fourth-order valence-corrected chi connectivity index (χ4v) is 5.50. The van der Waals surface area contributed by atoms with Crippen LogP contribution in [0.2, 0.25) is 0 Å². The number of hydrogen-bond acceptors (Lipinski definition) is 7. The van der Waals surface area contributed by atoms with E-state index >= 15 is 0 Å². The number of rotatable bonds is 1. The van der Waals surface area contributed by atoms with E-state index < -0.39 is 0 Å². The highest BCUT2D eigenvalue weighted by atomic mass is 32.1. The first-order valence-electron chi connectivity index (χ1n) is 9.79. The Bertz CT molecular complexity index is 1230. The van der Waals surface area contributed by atoms with E-state index in [1.54, 1.807) is 23.8 Å². The highest BCUT2D eigenvalue weighted by Crippen LogP contribution is 2.29. The fourth-order valence-electron chi connectivity index (χ4n) is 4.45. The number of carbonyl (C=O) groups excluding carboxylic acids is 1. The molecule has 5 aliphatic heterocycles. The molecule has 2 bridgehead atoms. The Labute approximate surface area is 170 Å². The average molecular weight is 405 g/mol. The maximum absolute atomic E-state index is 12.7. The van der Waals surface area contributed by atoms with Crippen molar-refractivity contribution >= 4 is 63.6 Å². The summed E-state index contributed by atoms with van der Waals surface area (Å²) in [4.78, 5) is 23.4. The summed E-state index contributed by atoms with van der Waals surface area (Å²) in [5.41, 5.74) is 1.84. The third-order valence-electron chi connectivity index (χ3n) is 5.88. The van der Waals surface area contributed by atoms with Crippen LogP contribution in [0, 0.1) is 0 Å². The number of benzene rings is 1. The van der Waals surface area contributed by atoms with Gasteiger partial charge in [-0.1, -0.05) is 0 Å². The number of carbonyl (C=O) groups is 1. The van der Waals surface area contributed by atoms with E-state index in [4.69, 9.17) is 4.74 Å². The van der Waals surface area contributed by atoms with Crippen molar-refractivity contribution in [3.05, 3.63) is 33.8 Å². The minimum absolute atomic E-state index is 0.227. The molecule has 2 N–H and O–H groups in total. The van der Waals surface area contributed by atoms with E-state index in [-0.39, 0.29) is 12.1 Å². The van der Waals surface area contributed by atoms with E-state index in [1.807, 2.05) is 29.3 Å². The number of piperidine rings is 2. The van der Waals surface area contributed by atoms with Crippen molar-refractivity contribution in [2.75, 3.05) is 18.4 Å². The SMILES string of the molecule is O=C(OC1=CC=c2c(ccc3sc4c(c23)N=CC=NC=4)N1)N1CC2CCC1CN2. The second-order valence-corrected chi connectivity index (χ2v) is 8.68. The smallest absolute Gasteiger partial charge is 0.393 e. The van der Waals surface area contributed by atoms with Crippen LogP contribution in [0.15, 0.2) is 34.1 Å². The van der Waals surface area contributed by atoms with Crippen LogP contribution in [0.3, 0.4) is 0 Å². The summed E-state index contributed by atoms with van der Waals surface area (Å²) < 4.78 is 7.89. The quantitative estimate of drug-likeness (QED) is 0.761. The van der Waals surface area contributed by atoms with Crippen LogP contribution in [0.1, 0.15) is 12.8 Å². The average Bonchev–Trinajstić information content (AvgIpc) is 2.96. The van der Waals surface area contributed by atoms with Crippen molar-refractivity contribution in [1.82, 2.24) is 10.2 Å². The standard InChI is InChI=1S/C21H19N5O2S/c27-21(26-11-12-1-2-13(26)9-24-12)28-18-6-3-14-15(25-18)4-5-16-19(14)20-17(29-16)10-22-7-8-23-20/h3-8,10,12-13,24-25H,1-2,9,11H2. The Morgan fingerprint density at radius 3 is 3.03 bits per heavy atom. The molecular weight excluding hydrogens is 386 g/mol. The van der Waals surface area contributed by atoms with Gasteiger partial charge in [-0.15, -0.1) is 11.3 Å². The van der Waals surface area contributed by atoms with Gasteiger partial charge in [-0.3, -0.25) is 9.98 Å². The number of fused-ring (bicyclic) bond motifs is 8. The van der Waals surface area contributed by atoms with Gasteiger partial charge in [0.2, 0.25) is 5.88 Å². The zero-order chi connectivity index (χ0) is 19.4. The van der Waals surface area contributed by atoms with E-state index in [0.29, 0.717) is 11.9 Å². The molecule has 0 spiro atoms. The molecule has 1 amide bonds. The van der Waals surface area contributed by atoms with Crippen molar-refractivity contribution in [2.45, 2.75) is 24.9 Å². The monoisotopic (exact) mass is 405 g/mol. The molecule has 0 radical (unpaired) electrons. The van der Waals surface area contributed by atoms with Gasteiger partial charge in [0, 0.05) is 64.8 Å². The summed E-state index contributed by atoms with van der Waals surface area (Å²) in [5.74, 6) is 0.455. The Kier molecular flexibility index (Phi) is 3.82. The summed E-state index contributed by atoms with van der Waals surface area (Å²) in [5, 5.41) is 8.87. The van der Waals surface area contributed by atoms with Crippen LogP contribution in [0.4, 0.5) is 16.2 Å². The molecule has 1 aromatic heterocycles. The maximum atomic E-state index is 12.7. The lowest BCUT2D eigenvalue weighted by molar-refractivity contribution is 0.0594. The Morgan fingerprint density at radius 1 is 1.24 bits per heavy atom. The van der Waals surface area contributed by atoms with Crippen LogP contribution < -0.4 is 20.4 Å². The molecule has 1 aromatic carbocycles. The number of piperazine rings is 1. The first kappa shape index (κ1) is 16.9. The van der Waals surface area contributed by atoms with Gasteiger partial charge in [0.05, 0.1) is 10.2 Å². The normalized spacial score (nSPS) is 24.0. The van der Waals surface area contributed by atoms with Crippen molar-refractivity contribution in [3.63, 3.8) is 0 Å². The molecule has 2 unspecified atom stereocenters. The molecule has 29 heavy (non-hydrogen) atoms. The molecule has 7 rings (SSSR count). The Balaban J connectivity index is 1.33. The number of hydrogen-bond donors (Lipinski definition) is 2. The van der Waals surface area contributed by atoms with Gasteiger partial charge in [-0.2, -0.15) is 0 Å². The summed E-state index contributed by atoms with van der Waals surface area (Å²) >= 11 is 1.67. The maximum Gasteiger partial charge on any atom is 0.416 e. The molecule has 3 saturated heterocycles. The van der Waals surface area contributed by atoms with E-state index in [9.17, 15) is 4.79 Å². The molecule has 3 fully saturated rings. The summed E-state index contributed by atoms with van der Waals surface area (Å²) in [6.45, 7) is 1.57. The van der Waals surface area contributed by atoms with Gasteiger partial charge < -0.3 is 20.3 Å². The molecule has 146 valence electrons. The third-order valence-corrected chi connectivity index (χ3v) is 6.96. The van der Waals surface area contributed by atoms with E-state index in [1.165, 1.54) is 0 Å². The Morgan fingerprint density at radius 2 is 2.21 bits per heavy atom. The third kappa shape index (κ3) is 2.79. The van der Waals surface area contributed by atoms with E-state index in [2.05, 4.69) is 26.7 Å². The van der Waals surface area contributed by atoms with Crippen molar-refractivity contribution < 1.29 is 9.53 Å². The highest BCUT2D eigenvalue weighted by molar-refractivity contribution is 7.17. The van der Waals surface area contributed by atoms with Crippen molar-refractivity contribution in [3.8, 4) is 0 Å². The number of amides is 1. The second-order valence-electron chi connectivity index (χ2n) is 7.60. The number of ether oxygens (including phenoxy) is 1. The zero-order valence-electron chi connectivity index (χ0n) is 15.6. The van der Waals surface area contributed by atoms with Gasteiger partial charge in [0.1, 0.15) is 0 Å². The van der Waals surface area contributed by atoms with Gasteiger partial charge in [-0.05, 0) is 37.1 Å². The molecule has 2 aromatic rings. The summed E-state index contributed by atoms with van der Waals surface area (Å²) in [7, 11) is 0. The number of allylic oxidation sites excluding steroid dienone is 1. The highest BCUT2D eigenvalue weighted by Gasteiger charge is 2.37. The predicted molar refractivity (Wildman–Crippen MR) is 116 cm³/mol. The molecule has 7 nitrogen and oxygen atoms in total. The molecule has 0 aliphatic carbocycles. The molecule has 2 atom stereocenters. The van der Waals surface area contributed by atoms with Crippen LogP contribution in [-0.4, -0.2) is 48.6 Å². The lowest BCUT2D eigenvalue weighted by Gasteiger charge is -2.45. The van der Waals surface area contributed by atoms with Crippen LogP contribution >= 0.6 is 11.3 Å². The van der Waals surface area contributed by atoms with Gasteiger partial charge >= 0.3 is 6.09 Å². The first-order valence-corrected chi connectivity index (χ1v) is 10.6. The number of nitrogens with one attached hydrogen (secondary N) is 2. The number of nitrogens with zero attached hydrogens (tertiary/aromatic N) is 3. The van der Waals surface area contributed by atoms with Crippen molar-refractivity contribution in [1.29, 1.82) is 0 Å². The number of aliphatic imine (C=N–C) groups is 2.